The van der Waals surface area contributed by atoms with Crippen LogP contribution in [0.15, 0.2) is 12.4 Å². The lowest BCUT2D eigenvalue weighted by Gasteiger charge is -2.36. The zero-order valence-corrected chi connectivity index (χ0v) is 9.41. The SMILES string of the molecule is CC1(O)CCN(c2cncc(Cl)n2)CC1. The van der Waals surface area contributed by atoms with Crippen molar-refractivity contribution < 1.29 is 5.11 Å². The molecule has 0 spiro atoms. The van der Waals surface area contributed by atoms with E-state index in [0.717, 1.165) is 31.7 Å². The van der Waals surface area contributed by atoms with E-state index in [1.807, 2.05) is 6.92 Å². The van der Waals surface area contributed by atoms with Crippen molar-refractivity contribution >= 4 is 17.4 Å². The first-order valence-electron chi connectivity index (χ1n) is 5.02. The van der Waals surface area contributed by atoms with E-state index in [4.69, 9.17) is 11.6 Å². The molecule has 2 rings (SSSR count). The molecule has 2 heterocycles. The monoisotopic (exact) mass is 227 g/mol. The fourth-order valence-corrected chi connectivity index (χ4v) is 1.85. The van der Waals surface area contributed by atoms with E-state index >= 15 is 0 Å². The number of aliphatic hydroxyl groups is 1. The molecule has 1 aromatic rings. The molecule has 82 valence electrons. The summed E-state index contributed by atoms with van der Waals surface area (Å²) >= 11 is 5.77. The summed E-state index contributed by atoms with van der Waals surface area (Å²) in [5, 5.41) is 10.2. The van der Waals surface area contributed by atoms with Crippen molar-refractivity contribution in [2.24, 2.45) is 0 Å². The summed E-state index contributed by atoms with van der Waals surface area (Å²) in [7, 11) is 0. The van der Waals surface area contributed by atoms with Gasteiger partial charge in [-0.25, -0.2) is 4.98 Å². The minimum atomic E-state index is -0.539. The van der Waals surface area contributed by atoms with Crippen LogP contribution in [0.4, 0.5) is 5.82 Å². The maximum Gasteiger partial charge on any atom is 0.149 e. The van der Waals surface area contributed by atoms with Crippen LogP contribution >= 0.6 is 11.6 Å². The van der Waals surface area contributed by atoms with Crippen LogP contribution in [-0.2, 0) is 0 Å². The van der Waals surface area contributed by atoms with Gasteiger partial charge in [0.25, 0.3) is 0 Å². The highest BCUT2D eigenvalue weighted by molar-refractivity contribution is 6.29. The van der Waals surface area contributed by atoms with Crippen molar-refractivity contribution in [2.75, 3.05) is 18.0 Å². The van der Waals surface area contributed by atoms with Gasteiger partial charge in [-0.2, -0.15) is 0 Å². The third kappa shape index (κ3) is 2.58. The largest absolute Gasteiger partial charge is 0.390 e. The van der Waals surface area contributed by atoms with Crippen molar-refractivity contribution in [3.05, 3.63) is 17.5 Å². The maximum absolute atomic E-state index is 9.80. The van der Waals surface area contributed by atoms with E-state index in [0.29, 0.717) is 5.15 Å². The quantitative estimate of drug-likeness (QED) is 0.790. The van der Waals surface area contributed by atoms with E-state index in [2.05, 4.69) is 14.9 Å². The predicted octanol–water partition coefficient (Wildman–Crippen LogP) is 1.48. The van der Waals surface area contributed by atoms with Crippen LogP contribution in [0.5, 0.6) is 0 Å². The topological polar surface area (TPSA) is 49.2 Å². The molecular formula is C10H14ClN3O. The summed E-state index contributed by atoms with van der Waals surface area (Å²) < 4.78 is 0. The minimum Gasteiger partial charge on any atom is -0.390 e. The maximum atomic E-state index is 9.80. The van der Waals surface area contributed by atoms with E-state index in [-0.39, 0.29) is 0 Å². The van der Waals surface area contributed by atoms with Gasteiger partial charge in [0.05, 0.1) is 18.0 Å². The van der Waals surface area contributed by atoms with E-state index < -0.39 is 5.60 Å². The van der Waals surface area contributed by atoms with Crippen molar-refractivity contribution in [3.63, 3.8) is 0 Å². The number of halogens is 1. The molecule has 0 radical (unpaired) electrons. The Hall–Kier alpha value is -0.870. The molecule has 1 aromatic heterocycles. The first-order chi connectivity index (χ1) is 7.07. The number of hydrogen-bond donors (Lipinski definition) is 1. The zero-order chi connectivity index (χ0) is 10.9. The van der Waals surface area contributed by atoms with Gasteiger partial charge in [0.2, 0.25) is 0 Å². The van der Waals surface area contributed by atoms with Crippen LogP contribution in [0.3, 0.4) is 0 Å². The second kappa shape index (κ2) is 3.94. The van der Waals surface area contributed by atoms with Crippen molar-refractivity contribution in [1.29, 1.82) is 0 Å². The molecule has 5 heteroatoms. The lowest BCUT2D eigenvalue weighted by atomic mass is 9.94. The average Bonchev–Trinajstić information content (AvgIpc) is 2.17. The van der Waals surface area contributed by atoms with Gasteiger partial charge in [-0.15, -0.1) is 0 Å². The Morgan fingerprint density at radius 1 is 1.40 bits per heavy atom. The van der Waals surface area contributed by atoms with Crippen LogP contribution in [0.1, 0.15) is 19.8 Å². The third-order valence-electron chi connectivity index (χ3n) is 2.76. The average molecular weight is 228 g/mol. The van der Waals surface area contributed by atoms with Gasteiger partial charge >= 0.3 is 0 Å². The summed E-state index contributed by atoms with van der Waals surface area (Å²) in [5.74, 6) is 0.790. The van der Waals surface area contributed by atoms with Crippen LogP contribution in [0.25, 0.3) is 0 Å². The summed E-state index contributed by atoms with van der Waals surface area (Å²) in [6.07, 6.45) is 4.72. The highest BCUT2D eigenvalue weighted by Crippen LogP contribution is 2.24. The zero-order valence-electron chi connectivity index (χ0n) is 8.65. The summed E-state index contributed by atoms with van der Waals surface area (Å²) in [5.41, 5.74) is -0.539. The number of hydrogen-bond acceptors (Lipinski definition) is 4. The second-order valence-electron chi connectivity index (χ2n) is 4.18. The highest BCUT2D eigenvalue weighted by Gasteiger charge is 2.27. The number of nitrogens with zero attached hydrogens (tertiary/aromatic N) is 3. The number of aromatic nitrogens is 2. The fraction of sp³-hybridized carbons (Fsp3) is 0.600. The van der Waals surface area contributed by atoms with Crippen LogP contribution < -0.4 is 4.90 Å². The highest BCUT2D eigenvalue weighted by atomic mass is 35.5. The molecule has 0 bridgehead atoms. The van der Waals surface area contributed by atoms with Crippen LogP contribution in [0.2, 0.25) is 5.15 Å². The van der Waals surface area contributed by atoms with Gasteiger partial charge in [-0.1, -0.05) is 11.6 Å². The van der Waals surface area contributed by atoms with Crippen molar-refractivity contribution in [2.45, 2.75) is 25.4 Å². The normalized spacial score (nSPS) is 20.3. The van der Waals surface area contributed by atoms with Gasteiger partial charge < -0.3 is 10.0 Å². The molecule has 1 fully saturated rings. The summed E-state index contributed by atoms with van der Waals surface area (Å²) in [4.78, 5) is 10.3. The van der Waals surface area contributed by atoms with Gasteiger partial charge in [0.15, 0.2) is 0 Å². The first-order valence-corrected chi connectivity index (χ1v) is 5.39. The Morgan fingerprint density at radius 2 is 2.07 bits per heavy atom. The Kier molecular flexibility index (Phi) is 2.80. The first kappa shape index (κ1) is 10.6. The molecule has 0 saturated carbocycles. The molecule has 0 atom stereocenters. The molecule has 0 unspecified atom stereocenters. The van der Waals surface area contributed by atoms with E-state index in [1.165, 1.54) is 6.20 Å². The number of rotatable bonds is 1. The Labute approximate surface area is 93.9 Å². The summed E-state index contributed by atoms with van der Waals surface area (Å²) in [6.45, 7) is 3.46. The lowest BCUT2D eigenvalue weighted by molar-refractivity contribution is 0.0350. The van der Waals surface area contributed by atoms with Crippen LogP contribution in [-0.4, -0.2) is 33.8 Å². The van der Waals surface area contributed by atoms with Crippen molar-refractivity contribution in [1.82, 2.24) is 9.97 Å². The smallest absolute Gasteiger partial charge is 0.149 e. The van der Waals surface area contributed by atoms with Gasteiger partial charge in [0, 0.05) is 13.1 Å². The minimum absolute atomic E-state index is 0.407. The van der Waals surface area contributed by atoms with Gasteiger partial charge in [0.1, 0.15) is 11.0 Å². The molecule has 1 aliphatic heterocycles. The molecule has 0 aliphatic carbocycles. The van der Waals surface area contributed by atoms with E-state index in [9.17, 15) is 5.11 Å². The van der Waals surface area contributed by atoms with Gasteiger partial charge in [-0.05, 0) is 19.8 Å². The molecule has 1 saturated heterocycles. The predicted molar refractivity (Wildman–Crippen MR) is 59.1 cm³/mol. The van der Waals surface area contributed by atoms with E-state index in [1.54, 1.807) is 6.20 Å². The molecule has 1 N–H and O–H groups in total. The molecule has 0 aromatic carbocycles. The molecular weight excluding hydrogens is 214 g/mol. The van der Waals surface area contributed by atoms with Crippen molar-refractivity contribution in [3.8, 4) is 0 Å². The van der Waals surface area contributed by atoms with Gasteiger partial charge in [-0.3, -0.25) is 4.98 Å². The lowest BCUT2D eigenvalue weighted by Crippen LogP contribution is -2.42. The molecule has 1 aliphatic rings. The fourth-order valence-electron chi connectivity index (χ4n) is 1.70. The molecule has 15 heavy (non-hydrogen) atoms. The standard InChI is InChI=1S/C10H14ClN3O/c1-10(15)2-4-14(5-3-10)9-7-12-6-8(11)13-9/h6-7,15H,2-5H2,1H3. The third-order valence-corrected chi connectivity index (χ3v) is 2.94. The number of anilines is 1. The Balaban J connectivity index is 2.08. The molecule has 4 nitrogen and oxygen atoms in total. The second-order valence-corrected chi connectivity index (χ2v) is 4.57. The number of piperidine rings is 1. The summed E-state index contributed by atoms with van der Waals surface area (Å²) in [6, 6.07) is 0. The van der Waals surface area contributed by atoms with Crippen LogP contribution in [0, 0.1) is 0 Å². The Morgan fingerprint density at radius 3 is 2.67 bits per heavy atom. The Bertz CT molecular complexity index is 346. The molecule has 0 amide bonds.